The molecular weight excluding hydrogens is 260 g/mol. The fourth-order valence-corrected chi connectivity index (χ4v) is 3.95. The first-order valence-electron chi connectivity index (χ1n) is 6.75. The van der Waals surface area contributed by atoms with Crippen LogP contribution in [0.5, 0.6) is 0 Å². The highest BCUT2D eigenvalue weighted by atomic mass is 28.4. The minimum atomic E-state index is -2.60. The molecule has 1 aromatic heterocycles. The van der Waals surface area contributed by atoms with Crippen LogP contribution in [0.3, 0.4) is 0 Å². The molecule has 0 unspecified atom stereocenters. The molecule has 0 aliphatic carbocycles. The van der Waals surface area contributed by atoms with Crippen molar-refractivity contribution in [3.63, 3.8) is 0 Å². The Labute approximate surface area is 117 Å². The molecule has 0 aliphatic rings. The normalized spacial score (nSPS) is 12.1. The highest BCUT2D eigenvalue weighted by molar-refractivity contribution is 6.58. The molecule has 110 valence electrons. The van der Waals surface area contributed by atoms with Crippen molar-refractivity contribution in [2.75, 3.05) is 21.3 Å². The van der Waals surface area contributed by atoms with Gasteiger partial charge in [-0.05, 0) is 13.3 Å². The lowest BCUT2D eigenvalue weighted by molar-refractivity contribution is -0.770. The summed E-state index contributed by atoms with van der Waals surface area (Å²) in [6.07, 6.45) is 2.98. The summed E-state index contributed by atoms with van der Waals surface area (Å²) in [6.45, 7) is 7.46. The minimum Gasteiger partial charge on any atom is -0.373 e. The Morgan fingerprint density at radius 1 is 1.16 bits per heavy atom. The molecule has 1 aromatic rings. The van der Waals surface area contributed by atoms with Crippen molar-refractivity contribution < 1.29 is 18.0 Å². The van der Waals surface area contributed by atoms with Crippen molar-refractivity contribution in [3.8, 4) is 0 Å². The van der Waals surface area contributed by atoms with Gasteiger partial charge in [0, 0.05) is 34.3 Å². The summed E-state index contributed by atoms with van der Waals surface area (Å²) >= 11 is 0. The van der Waals surface area contributed by atoms with Gasteiger partial charge >= 0.3 is 8.80 Å². The van der Waals surface area contributed by atoms with Crippen LogP contribution in [0.1, 0.15) is 31.2 Å². The first-order chi connectivity index (χ1) is 9.03. The quantitative estimate of drug-likeness (QED) is 0.538. The number of hydrogen-bond donors (Lipinski definition) is 0. The van der Waals surface area contributed by atoms with E-state index < -0.39 is 8.80 Å². The van der Waals surface area contributed by atoms with E-state index in [1.54, 1.807) is 21.3 Å². The predicted octanol–water partition coefficient (Wildman–Crippen LogP) is 1.61. The number of nitrogens with zero attached hydrogens (tertiary/aromatic N) is 2. The maximum absolute atomic E-state index is 5.52. The summed E-state index contributed by atoms with van der Waals surface area (Å²) in [4.78, 5) is 0. The Balaban J connectivity index is 3.04. The number of hydrogen-bond acceptors (Lipinski definition) is 3. The molecule has 0 aromatic carbocycles. The van der Waals surface area contributed by atoms with Crippen molar-refractivity contribution in [1.82, 2.24) is 4.68 Å². The average Bonchev–Trinajstić information content (AvgIpc) is 2.68. The largest absolute Gasteiger partial charge is 0.572 e. The van der Waals surface area contributed by atoms with Gasteiger partial charge in [0.2, 0.25) is 11.9 Å². The molecule has 0 saturated heterocycles. The molecule has 0 bridgehead atoms. The van der Waals surface area contributed by atoms with Gasteiger partial charge in [-0.15, -0.1) is 4.68 Å². The van der Waals surface area contributed by atoms with Crippen LogP contribution in [0.15, 0.2) is 6.07 Å². The molecule has 0 amide bonds. The zero-order valence-electron chi connectivity index (χ0n) is 13.0. The monoisotopic (exact) mass is 287 g/mol. The van der Waals surface area contributed by atoms with Gasteiger partial charge in [-0.3, -0.25) is 0 Å². The zero-order chi connectivity index (χ0) is 14.5. The third-order valence-corrected chi connectivity index (χ3v) is 6.08. The molecule has 1 heterocycles. The van der Waals surface area contributed by atoms with Crippen LogP contribution in [0.25, 0.3) is 0 Å². The van der Waals surface area contributed by atoms with E-state index in [1.165, 1.54) is 17.8 Å². The van der Waals surface area contributed by atoms with E-state index >= 15 is 0 Å². The van der Waals surface area contributed by atoms with E-state index in [0.29, 0.717) is 6.17 Å². The van der Waals surface area contributed by atoms with Gasteiger partial charge in [0.1, 0.15) is 0 Å². The predicted molar refractivity (Wildman–Crippen MR) is 75.8 cm³/mol. The first-order valence-corrected chi connectivity index (χ1v) is 8.69. The lowest BCUT2D eigenvalue weighted by Gasteiger charge is -2.21. The smallest absolute Gasteiger partial charge is 0.373 e. The second kappa shape index (κ2) is 7.19. The van der Waals surface area contributed by atoms with Gasteiger partial charge in [0.15, 0.2) is 0 Å². The van der Waals surface area contributed by atoms with E-state index in [1.807, 2.05) is 0 Å². The molecule has 0 spiro atoms. The molecule has 6 heteroatoms. The summed E-state index contributed by atoms with van der Waals surface area (Å²) in [5.41, 5.74) is 2.47. The molecule has 19 heavy (non-hydrogen) atoms. The summed E-state index contributed by atoms with van der Waals surface area (Å²) < 4.78 is 21.1. The standard InChI is InChI=1S/C13H27N2O3Si/c1-7-8-9-14-12(2)10-13(3)15(14)11-19(16-4,17-5)18-6/h10H,7-9,11H2,1-6H3/q+1. The highest BCUT2D eigenvalue weighted by Gasteiger charge is 2.45. The summed E-state index contributed by atoms with van der Waals surface area (Å²) in [6, 6.07) is 2.19. The SMILES string of the molecule is CCCCn1c(C)cc(C)[n+]1C[Si](OC)(OC)OC. The van der Waals surface area contributed by atoms with Crippen molar-refractivity contribution in [2.45, 2.75) is 46.3 Å². The second-order valence-corrected chi connectivity index (χ2v) is 7.66. The molecule has 0 atom stereocenters. The van der Waals surface area contributed by atoms with E-state index in [9.17, 15) is 0 Å². The van der Waals surface area contributed by atoms with E-state index in [0.717, 1.165) is 13.0 Å². The Kier molecular flexibility index (Phi) is 6.19. The Hall–Kier alpha value is -0.693. The Morgan fingerprint density at radius 2 is 1.74 bits per heavy atom. The summed E-state index contributed by atoms with van der Waals surface area (Å²) in [5.74, 6) is 0. The zero-order valence-corrected chi connectivity index (χ0v) is 14.0. The topological polar surface area (TPSA) is 36.5 Å². The summed E-state index contributed by atoms with van der Waals surface area (Å²) in [5, 5.41) is 0. The molecule has 5 nitrogen and oxygen atoms in total. The van der Waals surface area contributed by atoms with Crippen LogP contribution in [-0.2, 0) is 26.0 Å². The van der Waals surface area contributed by atoms with Crippen LogP contribution in [-0.4, -0.2) is 34.8 Å². The van der Waals surface area contributed by atoms with Gasteiger partial charge in [0.05, 0.1) is 12.2 Å². The van der Waals surface area contributed by atoms with E-state index in [-0.39, 0.29) is 0 Å². The van der Waals surface area contributed by atoms with Crippen molar-refractivity contribution in [3.05, 3.63) is 17.5 Å². The molecule has 0 radical (unpaired) electrons. The van der Waals surface area contributed by atoms with Crippen LogP contribution in [0.2, 0.25) is 0 Å². The average molecular weight is 287 g/mol. The van der Waals surface area contributed by atoms with Crippen LogP contribution in [0.4, 0.5) is 0 Å². The third-order valence-electron chi connectivity index (χ3n) is 3.52. The molecular formula is C13H27N2O3Si+. The van der Waals surface area contributed by atoms with Gasteiger partial charge in [0.25, 0.3) is 0 Å². The molecule has 0 saturated carbocycles. The number of rotatable bonds is 8. The Bertz CT molecular complexity index is 395. The molecule has 0 N–H and O–H groups in total. The maximum atomic E-state index is 5.52. The van der Waals surface area contributed by atoms with Crippen molar-refractivity contribution in [2.24, 2.45) is 0 Å². The number of aryl methyl sites for hydroxylation is 2. The maximum Gasteiger partial charge on any atom is 0.572 e. The van der Waals surface area contributed by atoms with Crippen molar-refractivity contribution >= 4 is 8.80 Å². The lowest BCUT2D eigenvalue weighted by Crippen LogP contribution is -2.60. The van der Waals surface area contributed by atoms with Gasteiger partial charge < -0.3 is 13.3 Å². The van der Waals surface area contributed by atoms with E-state index in [4.69, 9.17) is 13.3 Å². The number of unbranched alkanes of at least 4 members (excludes halogenated alkanes) is 1. The highest BCUT2D eigenvalue weighted by Crippen LogP contribution is 2.09. The summed E-state index contributed by atoms with van der Waals surface area (Å²) in [7, 11) is 2.36. The van der Waals surface area contributed by atoms with Crippen LogP contribution >= 0.6 is 0 Å². The number of aromatic nitrogens is 2. The molecule has 1 rings (SSSR count). The van der Waals surface area contributed by atoms with Crippen LogP contribution < -0.4 is 4.68 Å². The van der Waals surface area contributed by atoms with Crippen molar-refractivity contribution in [1.29, 1.82) is 0 Å². The van der Waals surface area contributed by atoms with Gasteiger partial charge in [-0.25, -0.2) is 0 Å². The molecule has 0 fully saturated rings. The molecule has 0 aliphatic heterocycles. The van der Waals surface area contributed by atoms with Gasteiger partial charge in [-0.2, -0.15) is 4.68 Å². The third kappa shape index (κ3) is 3.66. The van der Waals surface area contributed by atoms with Gasteiger partial charge in [-0.1, -0.05) is 13.3 Å². The second-order valence-electron chi connectivity index (χ2n) is 4.76. The Morgan fingerprint density at radius 3 is 2.21 bits per heavy atom. The minimum absolute atomic E-state index is 0.639. The first kappa shape index (κ1) is 16.4. The van der Waals surface area contributed by atoms with Crippen LogP contribution in [0, 0.1) is 13.8 Å². The fourth-order valence-electron chi connectivity index (χ4n) is 2.27. The van der Waals surface area contributed by atoms with E-state index in [2.05, 4.69) is 36.2 Å². The fraction of sp³-hybridized carbons (Fsp3) is 0.769. The lowest BCUT2D eigenvalue weighted by atomic mass is 10.3.